The quantitative estimate of drug-likeness (QED) is 0.491. The van der Waals surface area contributed by atoms with Crippen LogP contribution in [0.4, 0.5) is 13.2 Å². The van der Waals surface area contributed by atoms with Crippen molar-refractivity contribution in [2.75, 3.05) is 0 Å². The van der Waals surface area contributed by atoms with Crippen molar-refractivity contribution in [1.82, 2.24) is 0 Å². The van der Waals surface area contributed by atoms with E-state index in [1.807, 2.05) is 0 Å². The summed E-state index contributed by atoms with van der Waals surface area (Å²) in [5, 5.41) is 0. The van der Waals surface area contributed by atoms with Gasteiger partial charge in [-0.05, 0) is 6.42 Å². The van der Waals surface area contributed by atoms with Crippen molar-refractivity contribution < 1.29 is 17.9 Å². The number of hydrogen-bond acceptors (Lipinski definition) is 1. The Morgan fingerprint density at radius 2 is 1.60 bits per heavy atom. The second-order valence-corrected chi connectivity index (χ2v) is 6.33. The van der Waals surface area contributed by atoms with Gasteiger partial charge in [-0.15, -0.1) is 11.6 Å². The lowest BCUT2D eigenvalue weighted by molar-refractivity contribution is -0.174. The Kier molecular flexibility index (Phi) is 1.83. The molecule has 1 aliphatic heterocycles. The molecular formula is C8H6Cl3F3O. The maximum Gasteiger partial charge on any atom is 0.410 e. The lowest BCUT2D eigenvalue weighted by atomic mass is 9.86. The molecule has 3 aliphatic rings. The minimum atomic E-state index is -4.62. The minimum Gasteiger partial charge on any atom is -0.369 e. The van der Waals surface area contributed by atoms with E-state index in [2.05, 4.69) is 0 Å². The number of fused-ring (bicyclic) bond motifs is 5. The van der Waals surface area contributed by atoms with E-state index in [1.54, 1.807) is 0 Å². The molecule has 0 radical (unpaired) electrons. The minimum absolute atomic E-state index is 0.223. The van der Waals surface area contributed by atoms with Gasteiger partial charge < -0.3 is 4.74 Å². The number of rotatable bonds is 0. The molecule has 0 aromatic heterocycles. The number of alkyl halides is 6. The molecule has 3 fully saturated rings. The van der Waals surface area contributed by atoms with Gasteiger partial charge >= 0.3 is 6.18 Å². The van der Waals surface area contributed by atoms with Crippen LogP contribution in [0, 0.1) is 11.8 Å². The SMILES string of the molecule is FC(F)(F)C1(Cl)C2CC(C3OC32)C1(Cl)Cl. The van der Waals surface area contributed by atoms with E-state index in [9.17, 15) is 13.2 Å². The molecule has 1 nitrogen and oxygen atoms in total. The van der Waals surface area contributed by atoms with Gasteiger partial charge in [0.2, 0.25) is 0 Å². The normalized spacial score (nSPS) is 55.6. The average molecular weight is 281 g/mol. The Labute approximate surface area is 98.8 Å². The second kappa shape index (κ2) is 2.55. The van der Waals surface area contributed by atoms with Crippen LogP contribution in [0.15, 0.2) is 0 Å². The molecule has 2 bridgehead atoms. The van der Waals surface area contributed by atoms with Gasteiger partial charge in [-0.3, -0.25) is 0 Å². The van der Waals surface area contributed by atoms with E-state index in [4.69, 9.17) is 39.5 Å². The van der Waals surface area contributed by atoms with E-state index in [1.165, 1.54) is 0 Å². The van der Waals surface area contributed by atoms with Crippen LogP contribution in [0.5, 0.6) is 0 Å². The molecule has 0 aromatic rings. The number of ether oxygens (including phenoxy) is 1. The molecule has 7 heteroatoms. The zero-order chi connectivity index (χ0) is 11.2. The molecule has 1 saturated heterocycles. The monoisotopic (exact) mass is 280 g/mol. The predicted octanol–water partition coefficient (Wildman–Crippen LogP) is 3.12. The topological polar surface area (TPSA) is 12.5 Å². The molecule has 0 N–H and O–H groups in total. The Morgan fingerprint density at radius 3 is 2.07 bits per heavy atom. The predicted molar refractivity (Wildman–Crippen MR) is 49.3 cm³/mol. The fraction of sp³-hybridized carbons (Fsp3) is 1.00. The van der Waals surface area contributed by atoms with E-state index in [0.717, 1.165) is 0 Å². The van der Waals surface area contributed by atoms with Gasteiger partial charge in [0.25, 0.3) is 0 Å². The summed E-state index contributed by atoms with van der Waals surface area (Å²) in [7, 11) is 0. The average Bonchev–Trinajstić information content (AvgIpc) is 2.71. The summed E-state index contributed by atoms with van der Waals surface area (Å²) in [5.41, 5.74) is 0. The van der Waals surface area contributed by atoms with Crippen molar-refractivity contribution in [2.24, 2.45) is 11.8 Å². The highest BCUT2D eigenvalue weighted by Gasteiger charge is 2.85. The van der Waals surface area contributed by atoms with E-state index < -0.39 is 33.3 Å². The summed E-state index contributed by atoms with van der Waals surface area (Å²) in [4.78, 5) is -2.56. The molecule has 5 atom stereocenters. The van der Waals surface area contributed by atoms with Crippen LogP contribution in [0.1, 0.15) is 6.42 Å². The zero-order valence-corrected chi connectivity index (χ0v) is 9.46. The van der Waals surface area contributed by atoms with Gasteiger partial charge in [-0.25, -0.2) is 0 Å². The van der Waals surface area contributed by atoms with Gasteiger partial charge in [0.1, 0.15) is 0 Å². The molecule has 0 amide bonds. The first-order valence-electron chi connectivity index (χ1n) is 4.50. The van der Waals surface area contributed by atoms with E-state index in [0.29, 0.717) is 6.42 Å². The molecule has 3 rings (SSSR count). The van der Waals surface area contributed by atoms with Crippen LogP contribution in [0.25, 0.3) is 0 Å². The van der Waals surface area contributed by atoms with Crippen LogP contribution in [-0.2, 0) is 4.74 Å². The van der Waals surface area contributed by atoms with Crippen LogP contribution in [0.3, 0.4) is 0 Å². The summed E-state index contributed by atoms with van der Waals surface area (Å²) in [6, 6.07) is 0. The van der Waals surface area contributed by atoms with Crippen molar-refractivity contribution in [3.63, 3.8) is 0 Å². The molecular weight excluding hydrogens is 275 g/mol. The van der Waals surface area contributed by atoms with Gasteiger partial charge in [0.05, 0.1) is 12.2 Å². The zero-order valence-electron chi connectivity index (χ0n) is 7.19. The van der Waals surface area contributed by atoms with Crippen molar-refractivity contribution in [2.45, 2.75) is 34.0 Å². The third kappa shape index (κ3) is 0.985. The summed E-state index contributed by atoms with van der Waals surface area (Å²) < 4.78 is 41.9. The van der Waals surface area contributed by atoms with Crippen molar-refractivity contribution in [3.8, 4) is 0 Å². The number of halogens is 6. The van der Waals surface area contributed by atoms with Crippen molar-refractivity contribution in [1.29, 1.82) is 0 Å². The standard InChI is InChI=1S/C8H6Cl3F3O/c9-6(8(12,13)14)2-1-3(7(6,10)11)5-4(2)15-5/h2-5H,1H2. The van der Waals surface area contributed by atoms with Gasteiger partial charge in [0.15, 0.2) is 9.21 Å². The van der Waals surface area contributed by atoms with Gasteiger partial charge in [0, 0.05) is 11.8 Å². The molecule has 15 heavy (non-hydrogen) atoms. The van der Waals surface area contributed by atoms with Gasteiger partial charge in [-0.1, -0.05) is 23.2 Å². The first-order chi connectivity index (χ1) is 6.71. The maximum absolute atomic E-state index is 12.9. The summed E-state index contributed by atoms with van der Waals surface area (Å²) in [6.07, 6.45) is -4.95. The van der Waals surface area contributed by atoms with Crippen molar-refractivity contribution in [3.05, 3.63) is 0 Å². The Balaban J connectivity index is 2.09. The van der Waals surface area contributed by atoms with Crippen LogP contribution in [-0.4, -0.2) is 27.6 Å². The fourth-order valence-electron chi connectivity index (χ4n) is 2.98. The molecule has 5 unspecified atom stereocenters. The second-order valence-electron chi connectivity index (χ2n) is 4.35. The smallest absolute Gasteiger partial charge is 0.369 e. The third-order valence-corrected chi connectivity index (χ3v) is 5.88. The Hall–Kier alpha value is 0.620. The summed E-state index contributed by atoms with van der Waals surface area (Å²) in [5.74, 6) is -1.32. The summed E-state index contributed by atoms with van der Waals surface area (Å²) in [6.45, 7) is 0. The van der Waals surface area contributed by atoms with Crippen LogP contribution in [0.2, 0.25) is 0 Å². The molecule has 0 spiro atoms. The first-order valence-corrected chi connectivity index (χ1v) is 5.63. The highest BCUT2D eigenvalue weighted by Crippen LogP contribution is 2.74. The van der Waals surface area contributed by atoms with E-state index >= 15 is 0 Å². The van der Waals surface area contributed by atoms with Gasteiger partial charge in [-0.2, -0.15) is 13.2 Å². The fourth-order valence-corrected chi connectivity index (χ4v) is 4.26. The van der Waals surface area contributed by atoms with Crippen molar-refractivity contribution >= 4 is 34.8 Å². The summed E-state index contributed by atoms with van der Waals surface area (Å²) >= 11 is 17.3. The highest BCUT2D eigenvalue weighted by atomic mass is 35.5. The molecule has 0 aromatic carbocycles. The maximum atomic E-state index is 12.9. The lowest BCUT2D eigenvalue weighted by Crippen LogP contribution is -2.58. The molecule has 2 saturated carbocycles. The van der Waals surface area contributed by atoms with Crippen LogP contribution < -0.4 is 0 Å². The first kappa shape index (κ1) is 10.8. The highest BCUT2D eigenvalue weighted by molar-refractivity contribution is 6.54. The Morgan fingerprint density at radius 1 is 1.07 bits per heavy atom. The largest absolute Gasteiger partial charge is 0.410 e. The number of hydrogen-bond donors (Lipinski definition) is 0. The van der Waals surface area contributed by atoms with E-state index in [-0.39, 0.29) is 6.10 Å². The molecule has 86 valence electrons. The van der Waals surface area contributed by atoms with Crippen LogP contribution >= 0.6 is 34.8 Å². The lowest BCUT2D eigenvalue weighted by Gasteiger charge is -2.40. The molecule has 2 aliphatic carbocycles. The Bertz CT molecular complexity index is 332. The third-order valence-electron chi connectivity index (χ3n) is 3.74. The number of epoxide rings is 1. The molecule has 1 heterocycles.